The molecule has 2 aromatic rings. The van der Waals surface area contributed by atoms with Crippen molar-refractivity contribution in [2.45, 2.75) is 45.1 Å². The van der Waals surface area contributed by atoms with Gasteiger partial charge in [-0.2, -0.15) is 0 Å². The Bertz CT molecular complexity index is 758. The summed E-state index contributed by atoms with van der Waals surface area (Å²) in [6, 6.07) is 6.10. The Morgan fingerprint density at radius 2 is 2.08 bits per heavy atom. The molecule has 1 saturated heterocycles. The van der Waals surface area contributed by atoms with E-state index in [1.165, 1.54) is 5.56 Å². The Balaban J connectivity index is 1.72. The second-order valence-electron chi connectivity index (χ2n) is 7.35. The molecule has 1 fully saturated rings. The number of hydrogen-bond acceptors (Lipinski definition) is 4. The molecule has 0 radical (unpaired) electrons. The van der Waals surface area contributed by atoms with Crippen LogP contribution in [0.25, 0.3) is 11.0 Å². The molecule has 0 aliphatic carbocycles. The zero-order valence-corrected chi connectivity index (χ0v) is 15.4. The van der Waals surface area contributed by atoms with Gasteiger partial charge in [-0.1, -0.05) is 19.4 Å². The van der Waals surface area contributed by atoms with E-state index in [0.29, 0.717) is 18.6 Å². The monoisotopic (exact) mass is 344 g/mol. The van der Waals surface area contributed by atoms with Crippen molar-refractivity contribution in [3.8, 4) is 0 Å². The van der Waals surface area contributed by atoms with E-state index < -0.39 is 5.60 Å². The lowest BCUT2D eigenvalue weighted by Crippen LogP contribution is -2.50. The van der Waals surface area contributed by atoms with Gasteiger partial charge in [-0.25, -0.2) is 0 Å². The van der Waals surface area contributed by atoms with E-state index in [4.69, 9.17) is 4.42 Å². The Morgan fingerprint density at radius 3 is 2.76 bits per heavy atom. The summed E-state index contributed by atoms with van der Waals surface area (Å²) in [4.78, 5) is 14.8. The van der Waals surface area contributed by atoms with Crippen LogP contribution in [0.3, 0.4) is 0 Å². The Hall–Kier alpha value is -1.85. The first-order valence-corrected chi connectivity index (χ1v) is 9.13. The number of carbonyl (C=O) groups excluding carboxylic acids is 1. The zero-order valence-electron chi connectivity index (χ0n) is 15.4. The molecule has 1 aliphatic rings. The number of furan rings is 1. The van der Waals surface area contributed by atoms with Gasteiger partial charge in [0.25, 0.3) is 5.91 Å². The van der Waals surface area contributed by atoms with E-state index in [-0.39, 0.29) is 12.5 Å². The van der Waals surface area contributed by atoms with Gasteiger partial charge in [-0.05, 0) is 50.9 Å². The molecule has 0 bridgehead atoms. The number of aryl methyl sites for hydroxylation is 2. The van der Waals surface area contributed by atoms with E-state index in [1.807, 2.05) is 20.0 Å². The van der Waals surface area contributed by atoms with Crippen LogP contribution in [-0.2, 0) is 6.42 Å². The number of rotatable bonds is 5. The number of aliphatic hydroxyl groups is 1. The van der Waals surface area contributed by atoms with Crippen LogP contribution in [0.2, 0.25) is 0 Å². The maximum Gasteiger partial charge on any atom is 0.287 e. The van der Waals surface area contributed by atoms with Gasteiger partial charge in [0.05, 0.1) is 5.60 Å². The van der Waals surface area contributed by atoms with Crippen LogP contribution < -0.4 is 5.32 Å². The molecule has 0 saturated carbocycles. The zero-order chi connectivity index (χ0) is 18.0. The highest BCUT2D eigenvalue weighted by Crippen LogP contribution is 2.27. The van der Waals surface area contributed by atoms with Gasteiger partial charge in [0, 0.05) is 30.6 Å². The first-order valence-electron chi connectivity index (χ1n) is 9.13. The molecule has 0 atom stereocenters. The molecule has 2 N–H and O–H groups in total. The maximum absolute atomic E-state index is 12.6. The molecule has 1 amide bonds. The Morgan fingerprint density at radius 1 is 1.36 bits per heavy atom. The average Bonchev–Trinajstić information content (AvgIpc) is 2.93. The standard InChI is InChI=1S/C20H28N2O3/c1-4-5-15-6-7-17-16(12-15)14(2)18(25-17)19(23)21-13-20(24)8-10-22(3)11-9-20/h6-7,12,24H,4-5,8-11,13H2,1-3H3,(H,21,23). The summed E-state index contributed by atoms with van der Waals surface area (Å²) < 4.78 is 5.78. The van der Waals surface area contributed by atoms with Crippen molar-refractivity contribution >= 4 is 16.9 Å². The molecule has 5 heteroatoms. The SMILES string of the molecule is CCCc1ccc2oc(C(=O)NCC3(O)CCN(C)CC3)c(C)c2c1. The minimum absolute atomic E-state index is 0.252. The van der Waals surface area contributed by atoms with Crippen LogP contribution in [0.4, 0.5) is 0 Å². The molecule has 5 nitrogen and oxygen atoms in total. The van der Waals surface area contributed by atoms with Crippen LogP contribution in [0, 0.1) is 6.92 Å². The van der Waals surface area contributed by atoms with Gasteiger partial charge in [0.15, 0.2) is 5.76 Å². The fourth-order valence-corrected chi connectivity index (χ4v) is 3.47. The van der Waals surface area contributed by atoms with E-state index in [0.717, 1.165) is 42.5 Å². The van der Waals surface area contributed by atoms with E-state index in [9.17, 15) is 9.90 Å². The first-order chi connectivity index (χ1) is 11.9. The van der Waals surface area contributed by atoms with Crippen LogP contribution in [0.1, 0.15) is 47.9 Å². The van der Waals surface area contributed by atoms with Crippen LogP contribution in [-0.4, -0.2) is 48.2 Å². The molecule has 0 unspecified atom stereocenters. The lowest BCUT2D eigenvalue weighted by Gasteiger charge is -2.36. The third-order valence-corrected chi connectivity index (χ3v) is 5.24. The number of nitrogens with one attached hydrogen (secondary N) is 1. The summed E-state index contributed by atoms with van der Waals surface area (Å²) in [6.45, 7) is 6.02. The summed E-state index contributed by atoms with van der Waals surface area (Å²) in [6.07, 6.45) is 3.44. The lowest BCUT2D eigenvalue weighted by molar-refractivity contribution is -0.0136. The first kappa shape index (κ1) is 18.0. The smallest absolute Gasteiger partial charge is 0.287 e. The van der Waals surface area contributed by atoms with Crippen LogP contribution >= 0.6 is 0 Å². The van der Waals surface area contributed by atoms with Crippen molar-refractivity contribution in [2.24, 2.45) is 0 Å². The summed E-state index contributed by atoms with van der Waals surface area (Å²) in [7, 11) is 2.04. The summed E-state index contributed by atoms with van der Waals surface area (Å²) in [5, 5.41) is 14.5. The lowest BCUT2D eigenvalue weighted by atomic mass is 9.91. The molecule has 0 spiro atoms. The highest BCUT2D eigenvalue weighted by Gasteiger charge is 2.32. The number of piperidine rings is 1. The number of likely N-dealkylation sites (tertiary alicyclic amines) is 1. The molecule has 25 heavy (non-hydrogen) atoms. The third-order valence-electron chi connectivity index (χ3n) is 5.24. The molecule has 1 aromatic carbocycles. The molecule has 1 aromatic heterocycles. The van der Waals surface area contributed by atoms with E-state index >= 15 is 0 Å². The Kier molecular flexibility index (Phi) is 5.16. The summed E-state index contributed by atoms with van der Waals surface area (Å²) in [5.74, 6) is 0.0956. The van der Waals surface area contributed by atoms with Crippen LogP contribution in [0.15, 0.2) is 22.6 Å². The normalized spacial score (nSPS) is 17.8. The number of benzene rings is 1. The summed E-state index contributed by atoms with van der Waals surface area (Å²) >= 11 is 0. The van der Waals surface area contributed by atoms with E-state index in [2.05, 4.69) is 29.3 Å². The van der Waals surface area contributed by atoms with Gasteiger partial charge in [-0.15, -0.1) is 0 Å². The molecule has 1 aliphatic heterocycles. The van der Waals surface area contributed by atoms with Crippen molar-refractivity contribution < 1.29 is 14.3 Å². The maximum atomic E-state index is 12.6. The molecule has 3 rings (SSSR count). The average molecular weight is 344 g/mol. The van der Waals surface area contributed by atoms with Crippen molar-refractivity contribution in [3.63, 3.8) is 0 Å². The predicted octanol–water partition coefficient (Wildman–Crippen LogP) is 2.88. The summed E-state index contributed by atoms with van der Waals surface area (Å²) in [5.41, 5.74) is 2.03. The number of nitrogens with zero attached hydrogens (tertiary/aromatic N) is 1. The number of carbonyl (C=O) groups is 1. The second-order valence-corrected chi connectivity index (χ2v) is 7.35. The topological polar surface area (TPSA) is 65.7 Å². The molecule has 136 valence electrons. The molecule has 2 heterocycles. The van der Waals surface area contributed by atoms with Crippen LogP contribution in [0.5, 0.6) is 0 Å². The van der Waals surface area contributed by atoms with Crippen molar-refractivity contribution in [3.05, 3.63) is 35.1 Å². The largest absolute Gasteiger partial charge is 0.451 e. The van der Waals surface area contributed by atoms with Gasteiger partial charge >= 0.3 is 0 Å². The highest BCUT2D eigenvalue weighted by atomic mass is 16.3. The molecular formula is C20H28N2O3. The van der Waals surface area contributed by atoms with Crippen molar-refractivity contribution in [1.29, 1.82) is 0 Å². The fourth-order valence-electron chi connectivity index (χ4n) is 3.47. The van der Waals surface area contributed by atoms with Gasteiger partial charge < -0.3 is 19.7 Å². The Labute approximate surface area is 149 Å². The van der Waals surface area contributed by atoms with Crippen molar-refractivity contribution in [1.82, 2.24) is 10.2 Å². The second kappa shape index (κ2) is 7.18. The van der Waals surface area contributed by atoms with Gasteiger partial charge in [0.1, 0.15) is 5.58 Å². The fraction of sp³-hybridized carbons (Fsp3) is 0.550. The minimum atomic E-state index is -0.823. The highest BCUT2D eigenvalue weighted by molar-refractivity contribution is 5.99. The predicted molar refractivity (Wildman–Crippen MR) is 99.0 cm³/mol. The molecular weight excluding hydrogens is 316 g/mol. The number of fused-ring (bicyclic) bond motifs is 1. The number of amides is 1. The van der Waals surface area contributed by atoms with E-state index in [1.54, 1.807) is 0 Å². The quantitative estimate of drug-likeness (QED) is 0.875. The number of hydrogen-bond donors (Lipinski definition) is 2. The van der Waals surface area contributed by atoms with Gasteiger partial charge in [-0.3, -0.25) is 4.79 Å². The minimum Gasteiger partial charge on any atom is -0.451 e. The van der Waals surface area contributed by atoms with Crippen molar-refractivity contribution in [2.75, 3.05) is 26.7 Å². The van der Waals surface area contributed by atoms with Gasteiger partial charge in [0.2, 0.25) is 0 Å². The third kappa shape index (κ3) is 3.88.